The number of aryl methyl sites for hydroxylation is 1. The minimum atomic E-state index is 0.167. The Morgan fingerprint density at radius 3 is 2.71 bits per heavy atom. The summed E-state index contributed by atoms with van der Waals surface area (Å²) in [4.78, 5) is 7.70. The number of benzene rings is 2. The molecule has 31 heavy (non-hydrogen) atoms. The topological polar surface area (TPSA) is 78.8 Å². The van der Waals surface area contributed by atoms with Crippen molar-refractivity contribution in [1.29, 1.82) is 0 Å². The molecule has 2 aromatic heterocycles. The Kier molecular flexibility index (Phi) is 4.86. The van der Waals surface area contributed by atoms with Gasteiger partial charge in [-0.05, 0) is 55.7 Å². The summed E-state index contributed by atoms with van der Waals surface area (Å²) < 4.78 is 0. The van der Waals surface area contributed by atoms with Crippen LogP contribution in [0.4, 0.5) is 5.69 Å². The van der Waals surface area contributed by atoms with Crippen molar-refractivity contribution in [3.05, 3.63) is 89.5 Å². The Bertz CT molecular complexity index is 1260. The van der Waals surface area contributed by atoms with E-state index in [4.69, 9.17) is 5.73 Å². The van der Waals surface area contributed by atoms with Crippen molar-refractivity contribution in [2.24, 2.45) is 5.73 Å². The lowest BCUT2D eigenvalue weighted by Gasteiger charge is -2.22. The quantitative estimate of drug-likeness (QED) is 0.369. The number of anilines is 1. The van der Waals surface area contributed by atoms with Gasteiger partial charge in [0.2, 0.25) is 0 Å². The van der Waals surface area contributed by atoms with Crippen LogP contribution in [0, 0.1) is 6.92 Å². The van der Waals surface area contributed by atoms with E-state index in [1.807, 2.05) is 25.5 Å². The fourth-order valence-electron chi connectivity index (χ4n) is 4.40. The molecule has 0 saturated carbocycles. The first-order valence-corrected chi connectivity index (χ1v) is 10.7. The molecule has 2 aromatic carbocycles. The number of nitrogens with one attached hydrogen (secondary N) is 3. The molecule has 0 saturated heterocycles. The van der Waals surface area contributed by atoms with Gasteiger partial charge in [0.1, 0.15) is 0 Å². The Morgan fingerprint density at radius 1 is 1.06 bits per heavy atom. The average Bonchev–Trinajstić information content (AvgIpc) is 3.18. The zero-order valence-electron chi connectivity index (χ0n) is 17.9. The maximum atomic E-state index is 6.26. The van der Waals surface area contributed by atoms with E-state index in [-0.39, 0.29) is 6.04 Å². The average molecular weight is 410 g/mol. The number of aromatic amines is 1. The Hall–Kier alpha value is -3.73. The molecule has 0 radical (unpaired) electrons. The maximum absolute atomic E-state index is 6.26. The Balaban J connectivity index is 1.64. The first kappa shape index (κ1) is 19.2. The highest BCUT2D eigenvalue weighted by molar-refractivity contribution is 5.94. The summed E-state index contributed by atoms with van der Waals surface area (Å²) in [6.07, 6.45) is 6.73. The molecule has 0 aliphatic carbocycles. The maximum Gasteiger partial charge on any atom is 0.0646 e. The second kappa shape index (κ2) is 7.84. The van der Waals surface area contributed by atoms with Gasteiger partial charge in [-0.2, -0.15) is 0 Å². The predicted octanol–water partition coefficient (Wildman–Crippen LogP) is 5.33. The van der Waals surface area contributed by atoms with Gasteiger partial charge in [-0.1, -0.05) is 29.8 Å². The summed E-state index contributed by atoms with van der Waals surface area (Å²) in [5, 5.41) is 8.47. The first-order chi connectivity index (χ1) is 15.1. The van der Waals surface area contributed by atoms with Crippen LogP contribution in [0.25, 0.3) is 27.7 Å². The van der Waals surface area contributed by atoms with Crippen LogP contribution in [-0.4, -0.2) is 16.5 Å². The van der Waals surface area contributed by atoms with Crippen LogP contribution in [0.15, 0.2) is 72.8 Å². The summed E-state index contributed by atoms with van der Waals surface area (Å²) in [5.74, 6) is 0. The molecule has 5 nitrogen and oxygen atoms in total. The molecule has 156 valence electrons. The lowest BCUT2D eigenvalue weighted by atomic mass is 9.92. The van der Waals surface area contributed by atoms with Crippen LogP contribution < -0.4 is 16.4 Å². The number of allylic oxidation sites excluding steroid dienone is 1. The third-order valence-corrected chi connectivity index (χ3v) is 6.01. The van der Waals surface area contributed by atoms with Crippen LogP contribution in [0.1, 0.15) is 36.1 Å². The van der Waals surface area contributed by atoms with Crippen LogP contribution in [0.5, 0.6) is 0 Å². The van der Waals surface area contributed by atoms with E-state index < -0.39 is 0 Å². The number of pyridine rings is 1. The van der Waals surface area contributed by atoms with Crippen LogP contribution >= 0.6 is 0 Å². The van der Waals surface area contributed by atoms with Crippen molar-refractivity contribution in [2.45, 2.75) is 26.3 Å². The smallest absolute Gasteiger partial charge is 0.0646 e. The number of hydrogen-bond acceptors (Lipinski definition) is 4. The molecular weight excluding hydrogens is 382 g/mol. The highest BCUT2D eigenvalue weighted by Crippen LogP contribution is 2.36. The normalized spacial score (nSPS) is 17.5. The van der Waals surface area contributed by atoms with Crippen LogP contribution in [0.3, 0.4) is 0 Å². The van der Waals surface area contributed by atoms with Crippen LogP contribution in [-0.2, 0) is 0 Å². The third-order valence-electron chi connectivity index (χ3n) is 6.01. The van der Waals surface area contributed by atoms with Gasteiger partial charge in [0.15, 0.2) is 0 Å². The second-order valence-electron chi connectivity index (χ2n) is 8.26. The SMILES string of the molecule is C/C(N)=C1/NCCC(Nc2ccc(C)cc2)c2cc(-c3cncc4[nH]ccc34)ccc21. The zero-order chi connectivity index (χ0) is 21.4. The molecule has 0 spiro atoms. The minimum absolute atomic E-state index is 0.167. The van der Waals surface area contributed by atoms with Crippen molar-refractivity contribution in [3.8, 4) is 11.1 Å². The zero-order valence-corrected chi connectivity index (χ0v) is 17.9. The first-order valence-electron chi connectivity index (χ1n) is 10.7. The van der Waals surface area contributed by atoms with Crippen molar-refractivity contribution < 1.29 is 0 Å². The van der Waals surface area contributed by atoms with Gasteiger partial charge < -0.3 is 21.4 Å². The van der Waals surface area contributed by atoms with Crippen molar-refractivity contribution in [2.75, 3.05) is 11.9 Å². The lowest BCUT2D eigenvalue weighted by Crippen LogP contribution is -2.16. The van der Waals surface area contributed by atoms with Gasteiger partial charge in [0.25, 0.3) is 0 Å². The van der Waals surface area contributed by atoms with Gasteiger partial charge in [-0.3, -0.25) is 4.98 Å². The number of rotatable bonds is 3. The van der Waals surface area contributed by atoms with Gasteiger partial charge in [0, 0.05) is 46.8 Å². The third kappa shape index (κ3) is 3.63. The molecule has 0 fully saturated rings. The standard InChI is InChI=1S/C26H27N5/c1-16-3-6-19(7-4-16)31-24-10-12-30-26(17(2)27)21-8-5-18(13-22(21)24)23-14-28-15-25-20(23)9-11-29-25/h3-9,11,13-15,24,29-31H,10,12,27H2,1-2H3/b26-17-. The van der Waals surface area contributed by atoms with Gasteiger partial charge in [-0.15, -0.1) is 0 Å². The fraction of sp³-hybridized carbons (Fsp3) is 0.192. The largest absolute Gasteiger partial charge is 0.401 e. The number of aromatic nitrogens is 2. The van der Waals surface area contributed by atoms with Gasteiger partial charge in [-0.25, -0.2) is 0 Å². The van der Waals surface area contributed by atoms with E-state index in [0.29, 0.717) is 0 Å². The number of nitrogens with zero attached hydrogens (tertiary/aromatic N) is 1. The molecule has 0 amide bonds. The molecule has 5 rings (SSSR count). The van der Waals surface area contributed by atoms with Crippen molar-refractivity contribution >= 4 is 22.3 Å². The highest BCUT2D eigenvalue weighted by atomic mass is 15.0. The lowest BCUT2D eigenvalue weighted by molar-refractivity contribution is 0.683. The molecule has 5 heteroatoms. The molecule has 1 aliphatic rings. The Morgan fingerprint density at radius 2 is 1.90 bits per heavy atom. The summed E-state index contributed by atoms with van der Waals surface area (Å²) in [5.41, 5.74) is 16.2. The molecule has 1 atom stereocenters. The second-order valence-corrected chi connectivity index (χ2v) is 8.26. The monoisotopic (exact) mass is 409 g/mol. The van der Waals surface area contributed by atoms with E-state index in [0.717, 1.165) is 52.3 Å². The van der Waals surface area contributed by atoms with Crippen molar-refractivity contribution in [3.63, 3.8) is 0 Å². The summed E-state index contributed by atoms with van der Waals surface area (Å²) in [7, 11) is 0. The van der Waals surface area contributed by atoms with E-state index in [9.17, 15) is 0 Å². The number of nitrogens with two attached hydrogens (primary N) is 1. The van der Waals surface area contributed by atoms with E-state index in [1.165, 1.54) is 16.5 Å². The highest BCUT2D eigenvalue weighted by Gasteiger charge is 2.23. The summed E-state index contributed by atoms with van der Waals surface area (Å²) in [6, 6.07) is 17.5. The van der Waals surface area contributed by atoms with E-state index in [2.05, 4.69) is 76.1 Å². The number of H-pyrrole nitrogens is 1. The number of hydrogen-bond donors (Lipinski definition) is 4. The molecular formula is C26H27N5. The molecule has 5 N–H and O–H groups in total. The minimum Gasteiger partial charge on any atom is -0.401 e. The Labute approximate surface area is 182 Å². The molecule has 3 heterocycles. The van der Waals surface area contributed by atoms with E-state index in [1.54, 1.807) is 0 Å². The predicted molar refractivity (Wildman–Crippen MR) is 128 cm³/mol. The van der Waals surface area contributed by atoms with E-state index >= 15 is 0 Å². The molecule has 4 aromatic rings. The summed E-state index contributed by atoms with van der Waals surface area (Å²) >= 11 is 0. The molecule has 1 aliphatic heterocycles. The molecule has 0 bridgehead atoms. The van der Waals surface area contributed by atoms with Crippen molar-refractivity contribution in [1.82, 2.24) is 15.3 Å². The fourth-order valence-corrected chi connectivity index (χ4v) is 4.40. The van der Waals surface area contributed by atoms with Gasteiger partial charge >= 0.3 is 0 Å². The number of fused-ring (bicyclic) bond motifs is 2. The summed E-state index contributed by atoms with van der Waals surface area (Å²) in [6.45, 7) is 4.92. The molecule has 1 unspecified atom stereocenters. The van der Waals surface area contributed by atoms with Gasteiger partial charge in [0.05, 0.1) is 23.5 Å². The van der Waals surface area contributed by atoms with Crippen LogP contribution in [0.2, 0.25) is 0 Å².